The van der Waals surface area contributed by atoms with Crippen molar-refractivity contribution in [2.75, 3.05) is 47.7 Å². The van der Waals surface area contributed by atoms with Crippen LogP contribution in [0.4, 0.5) is 22.7 Å². The summed E-state index contributed by atoms with van der Waals surface area (Å²) >= 11 is 0. The minimum Gasteiger partial charge on any atom is -0.396 e. The van der Waals surface area contributed by atoms with Gasteiger partial charge in [-0.05, 0) is 170 Å². The van der Waals surface area contributed by atoms with Crippen LogP contribution in [0.3, 0.4) is 0 Å². The second-order valence-corrected chi connectivity index (χ2v) is 33.3. The highest BCUT2D eigenvalue weighted by molar-refractivity contribution is 7.84. The second-order valence-electron chi connectivity index (χ2n) is 30.9. The maximum Gasteiger partial charge on any atom is 0.333 e. The van der Waals surface area contributed by atoms with Crippen molar-refractivity contribution in [3.8, 4) is 0 Å². The molecule has 13 rings (SSSR count). The fourth-order valence-electron chi connectivity index (χ4n) is 15.7. The van der Waals surface area contributed by atoms with Gasteiger partial charge in [0.2, 0.25) is 0 Å². The molecule has 588 valence electrons. The molecule has 0 bridgehead atoms. The predicted octanol–water partition coefficient (Wildman–Crippen LogP) is 9.37. The Morgan fingerprint density at radius 3 is 1.17 bits per heavy atom. The van der Waals surface area contributed by atoms with E-state index in [2.05, 4.69) is 70.3 Å². The molecule has 5 fully saturated rings. The van der Waals surface area contributed by atoms with Crippen LogP contribution in [-0.4, -0.2) is 172 Å². The predicted molar refractivity (Wildman–Crippen MR) is 413 cm³/mol. The Balaban J connectivity index is 0.000000155. The van der Waals surface area contributed by atoms with Gasteiger partial charge in [-0.15, -0.1) is 0 Å². The Morgan fingerprint density at radius 2 is 0.807 bits per heavy atom. The van der Waals surface area contributed by atoms with Crippen LogP contribution in [0.1, 0.15) is 182 Å². The number of Topliss-reactive ketones (excluding diaryl/α,β-unsaturated/α-hetero) is 4. The van der Waals surface area contributed by atoms with E-state index in [1.807, 2.05) is 91.8 Å². The number of carbonyl (C=O) groups excluding carboxylic acids is 4. The monoisotopic (exact) mass is 1540 g/mol. The number of hydrogen-bond donors (Lipinski definition) is 11. The summed E-state index contributed by atoms with van der Waals surface area (Å²) in [5.74, 6) is -0.963. The largest absolute Gasteiger partial charge is 0.396 e. The summed E-state index contributed by atoms with van der Waals surface area (Å²) in [7, 11) is -8.18. The van der Waals surface area contributed by atoms with Gasteiger partial charge in [0, 0.05) is 138 Å². The summed E-state index contributed by atoms with van der Waals surface area (Å²) in [6.45, 7) is 21.9. The summed E-state index contributed by atoms with van der Waals surface area (Å²) < 4.78 is 65.2. The summed E-state index contributed by atoms with van der Waals surface area (Å²) in [6.07, 6.45) is 23.6. The van der Waals surface area contributed by atoms with Crippen LogP contribution in [0.15, 0.2) is 165 Å². The maximum absolute atomic E-state index is 13.1. The van der Waals surface area contributed by atoms with E-state index in [0.29, 0.717) is 89.2 Å². The van der Waals surface area contributed by atoms with Crippen LogP contribution >= 0.6 is 0 Å². The van der Waals surface area contributed by atoms with Gasteiger partial charge in [-0.3, -0.25) is 47.5 Å². The molecule has 14 atom stereocenters. The van der Waals surface area contributed by atoms with E-state index in [1.165, 1.54) is 34.7 Å². The lowest BCUT2D eigenvalue weighted by Crippen LogP contribution is -2.36. The van der Waals surface area contributed by atoms with Crippen molar-refractivity contribution in [1.82, 2.24) is 19.9 Å². The number of anilines is 4. The third-order valence-corrected chi connectivity index (χ3v) is 23.3. The first-order valence-corrected chi connectivity index (χ1v) is 39.9. The standard InChI is InChI=1S/C22H28N2O4.C20H26N2O2.C19H25N3O6S.C19H25N3O5S/c1-12-7-14(8-13(12)2)19(26)16-10-23-6-5-17(16)24-18-9-15(11-25)20-21(18)28-22(3,4)27-20;1-12-6-15(7-13(12)2)20(24)18-10-21-5-4-19(18)22-17-8-14(3)16(9-17)11-23;1-10-5-12(6-11(10)2)17(23)14-8-21-4-3-15(14)22-16-7-13(18(24)19(16)25)9-28-29(20,26)27;1-11-5-13(6-12(11)2)19(24)16-9-21-4-3-17(16)22-15-7-14(18(23)8-15)10-27-28(20,25)26/h5-7,10,15,18,20-21,25H,8-9,11H2,1-4H3,(H,23,24);4-6,10,14,16-17,23H,7-9,11H2,1-3H3,(H,21,22);3-5,8,13,16,18-19,24-25H,6-7,9H2,1-2H3,(H,21,22)(H2,20,26,27);3-5,9,14-15,18,23H,6-8,10H2,1-2H3,(H,21,22)(H2,20,25,26)/t15-,18-,20-,21+;14-,16+,17-;13-,16-,18-,19+;14-,15-,18+/m1011/s1. The lowest BCUT2D eigenvalue weighted by molar-refractivity contribution is -0.158. The number of carbonyl (C=O) groups is 4. The Labute approximate surface area is 638 Å². The van der Waals surface area contributed by atoms with Crippen molar-refractivity contribution in [1.29, 1.82) is 0 Å². The van der Waals surface area contributed by atoms with Crippen molar-refractivity contribution in [2.24, 2.45) is 39.9 Å². The van der Waals surface area contributed by atoms with Gasteiger partial charge < -0.3 is 56.3 Å². The molecule has 0 aromatic carbocycles. The minimum absolute atomic E-state index is 0.00368. The number of ether oxygens (including phenoxy) is 2. The summed E-state index contributed by atoms with van der Waals surface area (Å²) in [4.78, 5) is 68.4. The fourth-order valence-corrected chi connectivity index (χ4v) is 16.4. The third kappa shape index (κ3) is 20.9. The second kappa shape index (κ2) is 35.5. The van der Waals surface area contributed by atoms with Gasteiger partial charge in [0.25, 0.3) is 0 Å². The molecule has 0 radical (unpaired) electrons. The molecule has 13 N–H and O–H groups in total. The number of aliphatic hydroxyl groups excluding tert-OH is 5. The number of allylic oxidation sites excluding steroid dienone is 16. The van der Waals surface area contributed by atoms with Crippen LogP contribution in [0.5, 0.6) is 0 Å². The van der Waals surface area contributed by atoms with E-state index in [9.17, 15) is 61.5 Å². The molecular formula is C80H104N10O17S2. The summed E-state index contributed by atoms with van der Waals surface area (Å²) in [5.41, 5.74) is 17.2. The van der Waals surface area contributed by atoms with Crippen molar-refractivity contribution in [2.45, 2.75) is 201 Å². The first kappa shape index (κ1) is 83.3. The van der Waals surface area contributed by atoms with Gasteiger partial charge in [-0.1, -0.05) is 75.8 Å². The molecular weight excluding hydrogens is 1440 g/mol. The molecule has 4 aromatic heterocycles. The zero-order valence-electron chi connectivity index (χ0n) is 63.6. The molecule has 0 unspecified atom stereocenters. The van der Waals surface area contributed by atoms with Crippen LogP contribution < -0.4 is 31.5 Å². The highest BCUT2D eigenvalue weighted by Crippen LogP contribution is 2.44. The SMILES string of the molecule is CC1=C(C)CC(C(=O)c2cnccc2N[C@@H]2C[C@H](CO)[C@@H](C)C2)=C1.CC1=C(C)CC(C(=O)c2cnccc2N[C@@H]2C[C@H](CO)[C@H]3OC(C)(C)O[C@H]32)=C1.CC1=C(C)CC(C(=O)c2cnccc2N[C@@H]2C[C@H](COS(N)(=O)=O)[C@@H](O)C2)=C1.CC1=C(C)CC(C(=O)c2cnccc2N[C@@H]2C[C@H](COS(N)(=O)=O)[C@@H](O)[C@H]2O)=C1. The Hall–Kier alpha value is -8.14. The van der Waals surface area contributed by atoms with E-state index in [0.717, 1.165) is 76.1 Å². The van der Waals surface area contributed by atoms with Crippen LogP contribution in [-0.2, 0) is 38.4 Å². The van der Waals surface area contributed by atoms with E-state index >= 15 is 0 Å². The van der Waals surface area contributed by atoms with Crippen molar-refractivity contribution < 1.29 is 79.4 Å². The molecule has 1 aliphatic heterocycles. The first-order chi connectivity index (χ1) is 51.5. The van der Waals surface area contributed by atoms with E-state index in [-0.39, 0.29) is 92.1 Å². The first-order valence-electron chi connectivity index (χ1n) is 36.9. The Morgan fingerprint density at radius 1 is 0.468 bits per heavy atom. The normalized spacial score (nSPS) is 27.6. The van der Waals surface area contributed by atoms with E-state index in [1.54, 1.807) is 49.3 Å². The molecule has 1 saturated heterocycles. The Bertz CT molecular complexity index is 4620. The van der Waals surface area contributed by atoms with Crippen molar-refractivity contribution >= 4 is 66.5 Å². The topological polar surface area (TPSA) is 426 Å². The highest BCUT2D eigenvalue weighted by Gasteiger charge is 2.54. The minimum atomic E-state index is -4.14. The molecule has 0 amide bonds. The number of nitrogens with one attached hydrogen (secondary N) is 4. The smallest absolute Gasteiger partial charge is 0.333 e. The number of fused-ring (bicyclic) bond motifs is 1. The van der Waals surface area contributed by atoms with Crippen molar-refractivity contribution in [3.05, 3.63) is 187 Å². The van der Waals surface area contributed by atoms with Crippen LogP contribution in [0, 0.1) is 29.6 Å². The van der Waals surface area contributed by atoms with E-state index < -0.39 is 56.7 Å². The molecule has 109 heavy (non-hydrogen) atoms. The van der Waals surface area contributed by atoms with Gasteiger partial charge in [0.05, 0.1) is 65.9 Å². The molecule has 8 aliphatic carbocycles. The highest BCUT2D eigenvalue weighted by atomic mass is 32.2. The number of ketones is 4. The summed E-state index contributed by atoms with van der Waals surface area (Å²) in [6, 6.07) is 6.59. The molecule has 5 heterocycles. The molecule has 29 heteroatoms. The average Bonchev–Trinajstić information content (AvgIpc) is 1.59. The lowest BCUT2D eigenvalue weighted by atomic mass is 10.00. The molecule has 9 aliphatic rings. The zero-order valence-corrected chi connectivity index (χ0v) is 65.2. The number of nitrogens with zero attached hydrogens (tertiary/aromatic N) is 4. The maximum atomic E-state index is 13.1. The average molecular weight is 1540 g/mol. The fraction of sp³-hybridized carbons (Fsp3) is 0.500. The number of nitrogens with two attached hydrogens (primary N) is 2. The quantitative estimate of drug-likeness (QED) is 0.0291. The van der Waals surface area contributed by atoms with Crippen LogP contribution in [0.25, 0.3) is 0 Å². The van der Waals surface area contributed by atoms with Gasteiger partial charge in [-0.2, -0.15) is 16.8 Å². The number of rotatable bonds is 24. The summed E-state index contributed by atoms with van der Waals surface area (Å²) in [5, 5.41) is 73.1. The van der Waals surface area contributed by atoms with E-state index in [4.69, 9.17) is 19.8 Å². The molecule has 27 nitrogen and oxygen atoms in total. The van der Waals surface area contributed by atoms with Gasteiger partial charge in [-0.25, -0.2) is 10.3 Å². The van der Waals surface area contributed by atoms with Crippen molar-refractivity contribution in [3.63, 3.8) is 0 Å². The van der Waals surface area contributed by atoms with Gasteiger partial charge >= 0.3 is 20.6 Å². The van der Waals surface area contributed by atoms with Crippen LogP contribution in [0.2, 0.25) is 0 Å². The number of aromatic nitrogens is 4. The van der Waals surface area contributed by atoms with Gasteiger partial charge in [0.15, 0.2) is 28.9 Å². The third-order valence-electron chi connectivity index (χ3n) is 22.4. The lowest BCUT2D eigenvalue weighted by Gasteiger charge is -2.24. The zero-order chi connectivity index (χ0) is 79.1. The Kier molecular flexibility index (Phi) is 27.1. The molecule has 4 saturated carbocycles. The number of aliphatic hydroxyl groups is 5. The number of pyridine rings is 4. The van der Waals surface area contributed by atoms with Gasteiger partial charge in [0.1, 0.15) is 12.2 Å². The number of hydrogen-bond acceptors (Lipinski definition) is 25. The molecule has 4 aromatic rings. The molecule has 0 spiro atoms.